The number of piperidine rings is 1. The highest BCUT2D eigenvalue weighted by molar-refractivity contribution is 6.06. The number of hydrogen-bond acceptors (Lipinski definition) is 3. The molecule has 226 valence electrons. The highest BCUT2D eigenvalue weighted by atomic mass is 16.5. The molecule has 0 aromatic heterocycles. The molecular formula is C37H57N3O. The number of aryl methyl sites for hydroxylation is 1. The molecule has 3 rings (SSSR count). The number of aliphatic imine (C=N–C) groups is 1. The zero-order valence-electron chi connectivity index (χ0n) is 27.4. The first-order valence-electron chi connectivity index (χ1n) is 16.4. The molecule has 2 aliphatic rings. The summed E-state index contributed by atoms with van der Waals surface area (Å²) in [4.78, 5) is 7.32. The average molecular weight is 560 g/mol. The van der Waals surface area contributed by atoms with E-state index in [9.17, 15) is 0 Å². The molecule has 0 bridgehead atoms. The predicted octanol–water partition coefficient (Wildman–Crippen LogP) is 9.69. The molecule has 2 fully saturated rings. The van der Waals surface area contributed by atoms with Crippen molar-refractivity contribution in [3.05, 3.63) is 63.8 Å². The maximum Gasteiger partial charge on any atom is 0.117 e. The van der Waals surface area contributed by atoms with Gasteiger partial charge in [-0.05, 0) is 130 Å². The van der Waals surface area contributed by atoms with Crippen molar-refractivity contribution in [2.75, 3.05) is 26.3 Å². The van der Waals surface area contributed by atoms with Gasteiger partial charge in [0.2, 0.25) is 0 Å². The number of nitrogens with one attached hydrogen (secondary N) is 1. The largest absolute Gasteiger partial charge is 0.381 e. The van der Waals surface area contributed by atoms with Crippen LogP contribution in [0.3, 0.4) is 0 Å². The molecule has 0 unspecified atom stereocenters. The topological polar surface area (TPSA) is 48.7 Å². The van der Waals surface area contributed by atoms with Crippen molar-refractivity contribution in [3.8, 4) is 0 Å². The molecule has 2 saturated heterocycles. The smallest absolute Gasteiger partial charge is 0.117 e. The van der Waals surface area contributed by atoms with Gasteiger partial charge in [0, 0.05) is 25.0 Å². The van der Waals surface area contributed by atoms with Crippen molar-refractivity contribution in [1.82, 2.24) is 4.90 Å². The Bertz CT molecular complexity index is 1140. The Morgan fingerprint density at radius 3 is 2.29 bits per heavy atom. The number of hydrogen-bond donors (Lipinski definition) is 1. The van der Waals surface area contributed by atoms with E-state index in [1.54, 1.807) is 6.92 Å². The standard InChI is InChI=1S/C37H57N3O/c1-9-13-34(29(10-2)24-30(11-3)36(12-4)39-28(8)38)37(26(5)6)35-25-32(15-14-27(35)7)31-16-20-40(21-17-31)33-18-22-41-23-19-33/h10,14-15,24-26,31,33,38H,9,11-13,16-23H2,1-8H3/b29-10+,30-24-,37-34+,38-28?,39-36?. The molecular weight excluding hydrogens is 502 g/mol. The second kappa shape index (κ2) is 16.4. The van der Waals surface area contributed by atoms with Crippen LogP contribution in [0.2, 0.25) is 0 Å². The van der Waals surface area contributed by atoms with Gasteiger partial charge >= 0.3 is 0 Å². The highest BCUT2D eigenvalue weighted by Gasteiger charge is 2.28. The summed E-state index contributed by atoms with van der Waals surface area (Å²) in [5.74, 6) is 1.42. The first-order valence-corrected chi connectivity index (χ1v) is 16.4. The van der Waals surface area contributed by atoms with Crippen LogP contribution in [0.4, 0.5) is 0 Å². The van der Waals surface area contributed by atoms with E-state index < -0.39 is 0 Å². The van der Waals surface area contributed by atoms with E-state index in [1.807, 2.05) is 0 Å². The Morgan fingerprint density at radius 2 is 1.76 bits per heavy atom. The number of allylic oxidation sites excluding steroid dienone is 6. The third-order valence-electron chi connectivity index (χ3n) is 9.04. The summed E-state index contributed by atoms with van der Waals surface area (Å²) in [6, 6.07) is 8.04. The fourth-order valence-electron chi connectivity index (χ4n) is 6.84. The lowest BCUT2D eigenvalue weighted by Gasteiger charge is -2.39. The van der Waals surface area contributed by atoms with Gasteiger partial charge in [0.25, 0.3) is 0 Å². The Morgan fingerprint density at radius 1 is 1.07 bits per heavy atom. The Balaban J connectivity index is 2.01. The zero-order chi connectivity index (χ0) is 29.9. The summed E-state index contributed by atoms with van der Waals surface area (Å²) < 4.78 is 5.62. The number of amidine groups is 1. The maximum atomic E-state index is 7.96. The summed E-state index contributed by atoms with van der Waals surface area (Å²) in [5, 5.41) is 7.96. The van der Waals surface area contributed by atoms with Crippen molar-refractivity contribution in [2.45, 2.75) is 119 Å². The number of ether oxygens (including phenoxy) is 1. The van der Waals surface area contributed by atoms with Crippen LogP contribution in [0.25, 0.3) is 5.57 Å². The SMILES string of the molecule is C/C=C(\C=C(\CC)C(CC)=NC(C)=N)C(/CCC)=C(/c1cc(C2CCN(C3CCOCC3)CC2)ccc1C)C(C)C. The van der Waals surface area contributed by atoms with Gasteiger partial charge in [0.1, 0.15) is 5.84 Å². The molecule has 2 aliphatic heterocycles. The Labute approximate surface area is 251 Å². The van der Waals surface area contributed by atoms with Gasteiger partial charge in [-0.3, -0.25) is 5.41 Å². The molecule has 0 radical (unpaired) electrons. The van der Waals surface area contributed by atoms with Gasteiger partial charge in [-0.25, -0.2) is 4.99 Å². The lowest BCUT2D eigenvalue weighted by molar-refractivity contribution is 0.0252. The second-order valence-electron chi connectivity index (χ2n) is 12.3. The third kappa shape index (κ3) is 8.85. The van der Waals surface area contributed by atoms with Gasteiger partial charge in [0.05, 0.1) is 0 Å². The van der Waals surface area contributed by atoms with Crippen LogP contribution in [0.1, 0.15) is 122 Å². The quantitative estimate of drug-likeness (QED) is 0.167. The Kier molecular flexibility index (Phi) is 13.3. The number of rotatable bonds is 11. The molecule has 0 spiro atoms. The summed E-state index contributed by atoms with van der Waals surface area (Å²) >= 11 is 0. The maximum absolute atomic E-state index is 7.96. The van der Waals surface area contributed by atoms with Gasteiger partial charge in [-0.15, -0.1) is 0 Å². The van der Waals surface area contributed by atoms with Crippen molar-refractivity contribution >= 4 is 17.1 Å². The lowest BCUT2D eigenvalue weighted by atomic mass is 9.80. The predicted molar refractivity (Wildman–Crippen MR) is 178 cm³/mol. The minimum Gasteiger partial charge on any atom is -0.381 e. The van der Waals surface area contributed by atoms with Crippen LogP contribution in [-0.2, 0) is 4.74 Å². The van der Waals surface area contributed by atoms with Gasteiger partial charge in [-0.1, -0.05) is 71.4 Å². The minimum atomic E-state index is 0.376. The number of nitrogens with zero attached hydrogens (tertiary/aromatic N) is 2. The van der Waals surface area contributed by atoms with E-state index in [1.165, 1.54) is 77.8 Å². The summed E-state index contributed by atoms with van der Waals surface area (Å²) in [7, 11) is 0. The monoisotopic (exact) mass is 559 g/mol. The molecule has 1 aromatic carbocycles. The van der Waals surface area contributed by atoms with E-state index >= 15 is 0 Å². The van der Waals surface area contributed by atoms with Crippen molar-refractivity contribution < 1.29 is 4.74 Å². The number of benzene rings is 1. The average Bonchev–Trinajstić information content (AvgIpc) is 2.98. The lowest BCUT2D eigenvalue weighted by Crippen LogP contribution is -2.43. The van der Waals surface area contributed by atoms with Crippen LogP contribution >= 0.6 is 0 Å². The van der Waals surface area contributed by atoms with Gasteiger partial charge < -0.3 is 9.64 Å². The zero-order valence-corrected chi connectivity index (χ0v) is 27.4. The fourth-order valence-corrected chi connectivity index (χ4v) is 6.84. The number of likely N-dealkylation sites (tertiary alicyclic amines) is 1. The van der Waals surface area contributed by atoms with E-state index in [4.69, 9.17) is 10.1 Å². The molecule has 4 heteroatoms. The first-order chi connectivity index (χ1) is 19.7. The summed E-state index contributed by atoms with van der Waals surface area (Å²) in [5.41, 5.74) is 10.9. The van der Waals surface area contributed by atoms with Gasteiger partial charge in [0.15, 0.2) is 0 Å². The Hall–Kier alpha value is -2.30. The molecule has 2 heterocycles. The van der Waals surface area contributed by atoms with Crippen LogP contribution < -0.4 is 0 Å². The molecule has 0 atom stereocenters. The van der Waals surface area contributed by atoms with E-state index in [2.05, 4.69) is 88.7 Å². The molecule has 0 amide bonds. The van der Waals surface area contributed by atoms with Crippen LogP contribution in [0.5, 0.6) is 0 Å². The summed E-state index contributed by atoms with van der Waals surface area (Å²) in [6.07, 6.45) is 13.4. The van der Waals surface area contributed by atoms with Crippen molar-refractivity contribution in [3.63, 3.8) is 0 Å². The van der Waals surface area contributed by atoms with Crippen LogP contribution in [0.15, 0.2) is 52.1 Å². The molecule has 41 heavy (non-hydrogen) atoms. The second-order valence-corrected chi connectivity index (χ2v) is 12.3. The minimum absolute atomic E-state index is 0.376. The molecule has 0 aliphatic carbocycles. The van der Waals surface area contributed by atoms with Gasteiger partial charge in [-0.2, -0.15) is 0 Å². The molecule has 4 nitrogen and oxygen atoms in total. The third-order valence-corrected chi connectivity index (χ3v) is 9.04. The van der Waals surface area contributed by atoms with E-state index in [0.29, 0.717) is 23.7 Å². The summed E-state index contributed by atoms with van der Waals surface area (Å²) in [6.45, 7) is 21.9. The van der Waals surface area contributed by atoms with Crippen molar-refractivity contribution in [2.24, 2.45) is 10.9 Å². The van der Waals surface area contributed by atoms with E-state index in [-0.39, 0.29) is 0 Å². The van der Waals surface area contributed by atoms with E-state index in [0.717, 1.165) is 44.6 Å². The van der Waals surface area contributed by atoms with Crippen LogP contribution in [-0.4, -0.2) is 48.8 Å². The fraction of sp³-hybridized carbons (Fsp3) is 0.622. The normalized spacial score (nSPS) is 19.6. The highest BCUT2D eigenvalue weighted by Crippen LogP contribution is 2.39. The molecule has 1 N–H and O–H groups in total. The molecule has 0 saturated carbocycles. The first kappa shape index (κ1) is 33.2. The van der Waals surface area contributed by atoms with Crippen LogP contribution in [0, 0.1) is 18.3 Å². The molecule has 1 aromatic rings. The van der Waals surface area contributed by atoms with Crippen molar-refractivity contribution in [1.29, 1.82) is 5.41 Å².